The molecule has 4 heterocycles. The maximum atomic E-state index is 11.7. The van der Waals surface area contributed by atoms with Crippen LogP contribution in [0.4, 0.5) is 34.6 Å². The standard InChI is InChI=1S/C21H21N7OS.C20H18N6OS/c1-13-11-18(28-27-13)25-20-16-5-3-4-6-17(16)24-21(26-20)30-15-9-7-14(8-10-15)23-19(29)12-22-2;1-12-11-18(26-25-12)23-19-16-5-3-4-6-17(16)22-20(24-19)28-15-9-7-14(8-10-15)21-13(2)27/h3-11,22H,12H2,1-2H3,(H,23,29)(H2,24,25,26,27,28);3-11H,1-2H3,(H,21,27)(H2,22,23,24,25,26). The number of anilines is 6. The fourth-order valence-corrected chi connectivity index (χ4v) is 7.12. The van der Waals surface area contributed by atoms with Gasteiger partial charge in [-0.25, -0.2) is 19.9 Å². The first-order valence-corrected chi connectivity index (χ1v) is 19.7. The number of hydrogen-bond donors (Lipinski definition) is 7. The number of carbonyl (C=O) groups excluding carboxylic acids is 2. The lowest BCUT2D eigenvalue weighted by Gasteiger charge is -2.09. The molecule has 0 fully saturated rings. The summed E-state index contributed by atoms with van der Waals surface area (Å²) >= 11 is 2.91. The second-order valence-electron chi connectivity index (χ2n) is 12.9. The Morgan fingerprint density at radius 2 is 1.05 bits per heavy atom. The van der Waals surface area contributed by atoms with Crippen molar-refractivity contribution in [3.8, 4) is 0 Å². The fraction of sp³-hybridized carbons (Fsp3) is 0.122. The normalized spacial score (nSPS) is 10.8. The maximum absolute atomic E-state index is 11.7. The number of aromatic nitrogens is 8. The molecule has 4 aromatic heterocycles. The van der Waals surface area contributed by atoms with Gasteiger partial charge in [-0.3, -0.25) is 19.8 Å². The molecule has 0 aliphatic rings. The maximum Gasteiger partial charge on any atom is 0.238 e. The predicted molar refractivity (Wildman–Crippen MR) is 230 cm³/mol. The Balaban J connectivity index is 0.000000177. The van der Waals surface area contributed by atoms with E-state index in [1.165, 1.54) is 30.4 Å². The number of aromatic amines is 2. The van der Waals surface area contributed by atoms with Crippen molar-refractivity contribution in [2.75, 3.05) is 34.9 Å². The van der Waals surface area contributed by atoms with Gasteiger partial charge in [-0.15, -0.1) is 0 Å². The van der Waals surface area contributed by atoms with E-state index in [4.69, 9.17) is 4.98 Å². The summed E-state index contributed by atoms with van der Waals surface area (Å²) in [6, 6.07) is 34.7. The molecule has 17 heteroatoms. The van der Waals surface area contributed by atoms with Crippen LogP contribution in [-0.2, 0) is 9.59 Å². The molecular weight excluding hydrogens is 771 g/mol. The summed E-state index contributed by atoms with van der Waals surface area (Å²) in [7, 11) is 1.74. The van der Waals surface area contributed by atoms with Gasteiger partial charge < -0.3 is 26.6 Å². The van der Waals surface area contributed by atoms with E-state index in [0.717, 1.165) is 54.4 Å². The number of H-pyrrole nitrogens is 2. The number of amides is 2. The van der Waals surface area contributed by atoms with E-state index in [-0.39, 0.29) is 18.4 Å². The quantitative estimate of drug-likeness (QED) is 0.0582. The number of nitrogens with one attached hydrogen (secondary N) is 7. The SMILES string of the molecule is CC(=O)Nc1ccc(Sc2nc(Nc3cc(C)[nH]n3)c3ccccc3n2)cc1.CNCC(=O)Nc1ccc(Sc2nc(Nc3cc(C)[nH]n3)c3ccccc3n2)cc1. The lowest BCUT2D eigenvalue weighted by atomic mass is 10.2. The molecule has 0 radical (unpaired) electrons. The molecule has 0 saturated heterocycles. The van der Waals surface area contributed by atoms with Crippen LogP contribution < -0.4 is 26.6 Å². The van der Waals surface area contributed by atoms with Gasteiger partial charge >= 0.3 is 0 Å². The van der Waals surface area contributed by atoms with Gasteiger partial charge in [-0.05, 0) is 117 Å². The first-order valence-electron chi connectivity index (χ1n) is 18.1. The first-order chi connectivity index (χ1) is 28.2. The Hall–Kier alpha value is -6.82. The molecular formula is C41H39N13O2S2. The topological polar surface area (TPSA) is 203 Å². The van der Waals surface area contributed by atoms with Crippen molar-refractivity contribution in [2.45, 2.75) is 40.9 Å². The lowest BCUT2D eigenvalue weighted by Crippen LogP contribution is -2.24. The van der Waals surface area contributed by atoms with Crippen LogP contribution in [0.15, 0.2) is 129 Å². The van der Waals surface area contributed by atoms with Gasteiger partial charge in [-0.2, -0.15) is 10.2 Å². The zero-order valence-electron chi connectivity index (χ0n) is 31.9. The second kappa shape index (κ2) is 18.4. The van der Waals surface area contributed by atoms with Gasteiger partial charge in [0.25, 0.3) is 0 Å². The number of hydrogen-bond acceptors (Lipinski definition) is 13. The number of likely N-dealkylation sites (N-methyl/N-ethyl adjacent to an activating group) is 1. The van der Waals surface area contributed by atoms with Crippen LogP contribution in [0.1, 0.15) is 18.3 Å². The van der Waals surface area contributed by atoms with Crippen LogP contribution in [0.5, 0.6) is 0 Å². The number of benzene rings is 4. The van der Waals surface area contributed by atoms with Crippen LogP contribution in [0, 0.1) is 13.8 Å². The Morgan fingerprint density at radius 3 is 1.47 bits per heavy atom. The van der Waals surface area contributed by atoms with E-state index < -0.39 is 0 Å². The summed E-state index contributed by atoms with van der Waals surface area (Å²) < 4.78 is 0. The predicted octanol–water partition coefficient (Wildman–Crippen LogP) is 8.23. The summed E-state index contributed by atoms with van der Waals surface area (Å²) in [6.07, 6.45) is 0. The summed E-state index contributed by atoms with van der Waals surface area (Å²) in [5.74, 6) is 2.63. The Bertz CT molecular complexity index is 2680. The molecule has 0 aliphatic heterocycles. The average molecular weight is 810 g/mol. The van der Waals surface area contributed by atoms with Gasteiger partial charge in [0.05, 0.1) is 17.6 Å². The van der Waals surface area contributed by atoms with Crippen LogP contribution in [0.3, 0.4) is 0 Å². The molecule has 0 atom stereocenters. The third-order valence-corrected chi connectivity index (χ3v) is 9.88. The van der Waals surface area contributed by atoms with E-state index >= 15 is 0 Å². The summed E-state index contributed by atoms with van der Waals surface area (Å²) in [5.41, 5.74) is 5.13. The Labute approximate surface area is 342 Å². The molecule has 4 aromatic carbocycles. The zero-order chi connectivity index (χ0) is 40.4. The summed E-state index contributed by atoms with van der Waals surface area (Å²) in [6.45, 7) is 5.65. The van der Waals surface area contributed by atoms with E-state index in [9.17, 15) is 9.59 Å². The van der Waals surface area contributed by atoms with Gasteiger partial charge in [0, 0.05) is 62.4 Å². The van der Waals surface area contributed by atoms with Gasteiger partial charge in [0.15, 0.2) is 21.9 Å². The van der Waals surface area contributed by atoms with Crippen molar-refractivity contribution in [3.05, 3.63) is 121 Å². The fourth-order valence-electron chi connectivity index (χ4n) is 5.59. The highest BCUT2D eigenvalue weighted by atomic mass is 32.2. The number of aryl methyl sites for hydroxylation is 2. The van der Waals surface area contributed by atoms with Crippen molar-refractivity contribution >= 4 is 91.8 Å². The minimum Gasteiger partial charge on any atom is -0.326 e. The average Bonchev–Trinajstić information content (AvgIpc) is 3.82. The van der Waals surface area contributed by atoms with Crippen molar-refractivity contribution in [2.24, 2.45) is 0 Å². The van der Waals surface area contributed by atoms with E-state index in [1.807, 2.05) is 123 Å². The molecule has 7 N–H and O–H groups in total. The number of nitrogens with zero attached hydrogens (tertiary/aromatic N) is 6. The molecule has 0 aliphatic carbocycles. The lowest BCUT2D eigenvalue weighted by molar-refractivity contribution is -0.115. The number of fused-ring (bicyclic) bond motifs is 2. The molecule has 0 spiro atoms. The number of rotatable bonds is 12. The third-order valence-electron chi connectivity index (χ3n) is 8.14. The molecule has 15 nitrogen and oxygen atoms in total. The van der Waals surface area contributed by atoms with Crippen molar-refractivity contribution in [3.63, 3.8) is 0 Å². The summed E-state index contributed by atoms with van der Waals surface area (Å²) in [4.78, 5) is 43.5. The van der Waals surface area contributed by atoms with Crippen LogP contribution in [0.2, 0.25) is 0 Å². The Kier molecular flexibility index (Phi) is 12.5. The monoisotopic (exact) mass is 809 g/mol. The largest absolute Gasteiger partial charge is 0.326 e. The number of para-hydroxylation sites is 2. The van der Waals surface area contributed by atoms with E-state index in [0.29, 0.717) is 33.6 Å². The van der Waals surface area contributed by atoms with Crippen LogP contribution in [0.25, 0.3) is 21.8 Å². The van der Waals surface area contributed by atoms with E-state index in [2.05, 4.69) is 61.9 Å². The smallest absolute Gasteiger partial charge is 0.238 e. The molecule has 8 aromatic rings. The van der Waals surface area contributed by atoms with Gasteiger partial charge in [-0.1, -0.05) is 24.3 Å². The van der Waals surface area contributed by atoms with Crippen LogP contribution in [-0.4, -0.2) is 65.7 Å². The summed E-state index contributed by atoms with van der Waals surface area (Å²) in [5, 5.41) is 32.4. The molecule has 292 valence electrons. The number of carbonyl (C=O) groups is 2. The third kappa shape index (κ3) is 10.5. The molecule has 2 amide bonds. The van der Waals surface area contributed by atoms with Gasteiger partial charge in [0.1, 0.15) is 11.6 Å². The molecule has 58 heavy (non-hydrogen) atoms. The van der Waals surface area contributed by atoms with Crippen molar-refractivity contribution in [1.82, 2.24) is 45.6 Å². The Morgan fingerprint density at radius 1 is 0.603 bits per heavy atom. The molecule has 8 rings (SSSR count). The highest BCUT2D eigenvalue weighted by molar-refractivity contribution is 7.99. The molecule has 0 bridgehead atoms. The van der Waals surface area contributed by atoms with Gasteiger partial charge in [0.2, 0.25) is 11.8 Å². The van der Waals surface area contributed by atoms with E-state index in [1.54, 1.807) is 7.05 Å². The minimum atomic E-state index is -0.0948. The molecule has 0 unspecified atom stereocenters. The zero-order valence-corrected chi connectivity index (χ0v) is 33.5. The first kappa shape index (κ1) is 39.4. The van der Waals surface area contributed by atoms with Crippen molar-refractivity contribution in [1.29, 1.82) is 0 Å². The van der Waals surface area contributed by atoms with Crippen LogP contribution >= 0.6 is 23.5 Å². The highest BCUT2D eigenvalue weighted by Crippen LogP contribution is 2.32. The second-order valence-corrected chi connectivity index (χ2v) is 15.0. The minimum absolute atomic E-state index is 0.0833. The highest BCUT2D eigenvalue weighted by Gasteiger charge is 2.13. The molecule has 0 saturated carbocycles. The van der Waals surface area contributed by atoms with Crippen molar-refractivity contribution < 1.29 is 9.59 Å².